The van der Waals surface area contributed by atoms with Gasteiger partial charge in [-0.2, -0.15) is 0 Å². The second-order valence-electron chi connectivity index (χ2n) is 4.99. The minimum Gasteiger partial charge on any atom is -0.350 e. The Morgan fingerprint density at radius 1 is 0.917 bits per heavy atom. The van der Waals surface area contributed by atoms with E-state index in [4.69, 9.17) is 0 Å². The van der Waals surface area contributed by atoms with Gasteiger partial charge in [0.25, 0.3) is 5.91 Å². The Kier molecular flexibility index (Phi) is 5.02. The summed E-state index contributed by atoms with van der Waals surface area (Å²) in [6.07, 6.45) is 0. The highest BCUT2D eigenvalue weighted by Crippen LogP contribution is 2.25. The highest BCUT2D eigenvalue weighted by molar-refractivity contribution is 7.22. The topological polar surface area (TPSA) is 83.1 Å². The molecule has 7 heteroatoms. The quantitative estimate of drug-likeness (QED) is 0.625. The minimum atomic E-state index is -0.344. The van der Waals surface area contributed by atoms with Gasteiger partial charge >= 0.3 is 6.03 Å². The number of para-hydroxylation sites is 1. The number of fused-ring (bicyclic) bond motifs is 1. The molecular weight excluding hydrogens is 324 g/mol. The van der Waals surface area contributed by atoms with Crippen molar-refractivity contribution in [1.82, 2.24) is 15.6 Å². The first kappa shape index (κ1) is 15.9. The normalized spacial score (nSPS) is 10.3. The fourth-order valence-electron chi connectivity index (χ4n) is 2.11. The summed E-state index contributed by atoms with van der Waals surface area (Å²) in [6.45, 7) is 0.677. The van der Waals surface area contributed by atoms with E-state index in [2.05, 4.69) is 20.9 Å². The van der Waals surface area contributed by atoms with Gasteiger partial charge in [-0.15, -0.1) is 0 Å². The molecule has 24 heavy (non-hydrogen) atoms. The summed E-state index contributed by atoms with van der Waals surface area (Å²) in [5.74, 6) is -0.163. The first-order chi connectivity index (χ1) is 11.7. The van der Waals surface area contributed by atoms with E-state index in [0.29, 0.717) is 23.8 Å². The predicted molar refractivity (Wildman–Crippen MR) is 95.4 cm³/mol. The molecule has 0 saturated heterocycles. The Labute approximate surface area is 142 Å². The molecule has 3 N–H and O–H groups in total. The summed E-state index contributed by atoms with van der Waals surface area (Å²) >= 11 is 1.41. The zero-order valence-corrected chi connectivity index (χ0v) is 13.6. The highest BCUT2D eigenvalue weighted by Gasteiger charge is 2.07. The standard InChI is InChI=1S/C17H16N4O2S/c22-15(12-6-2-1-3-7-12)18-10-11-19-16(23)21-17-20-13-8-4-5-9-14(13)24-17/h1-9H,10-11H2,(H,18,22)(H2,19,20,21,23). The van der Waals surface area contributed by atoms with Crippen LogP contribution >= 0.6 is 11.3 Å². The number of thiazole rings is 1. The van der Waals surface area contributed by atoms with Gasteiger partial charge in [0.1, 0.15) is 0 Å². The zero-order valence-electron chi connectivity index (χ0n) is 12.8. The fraction of sp³-hybridized carbons (Fsp3) is 0.118. The third-order valence-corrected chi connectivity index (χ3v) is 4.20. The van der Waals surface area contributed by atoms with Gasteiger partial charge in [0.05, 0.1) is 10.2 Å². The van der Waals surface area contributed by atoms with Gasteiger partial charge < -0.3 is 10.6 Å². The molecule has 0 aliphatic heterocycles. The summed E-state index contributed by atoms with van der Waals surface area (Å²) in [6, 6.07) is 16.3. The van der Waals surface area contributed by atoms with Gasteiger partial charge in [-0.25, -0.2) is 9.78 Å². The van der Waals surface area contributed by atoms with E-state index in [9.17, 15) is 9.59 Å². The van der Waals surface area contributed by atoms with E-state index < -0.39 is 0 Å². The minimum absolute atomic E-state index is 0.163. The molecule has 1 heterocycles. The maximum absolute atomic E-state index is 11.8. The highest BCUT2D eigenvalue weighted by atomic mass is 32.1. The lowest BCUT2D eigenvalue weighted by molar-refractivity contribution is 0.0954. The SMILES string of the molecule is O=C(NCCNC(=O)c1ccccc1)Nc1nc2ccccc2s1. The van der Waals surface area contributed by atoms with Crippen LogP contribution in [-0.4, -0.2) is 30.0 Å². The third kappa shape index (κ3) is 4.08. The van der Waals surface area contributed by atoms with Crippen molar-refractivity contribution in [3.8, 4) is 0 Å². The lowest BCUT2D eigenvalue weighted by atomic mass is 10.2. The second-order valence-corrected chi connectivity index (χ2v) is 6.02. The zero-order chi connectivity index (χ0) is 16.8. The van der Waals surface area contributed by atoms with Crippen LogP contribution in [0, 0.1) is 0 Å². The molecule has 0 aliphatic carbocycles. The van der Waals surface area contributed by atoms with Crippen LogP contribution in [-0.2, 0) is 0 Å². The molecule has 2 aromatic carbocycles. The largest absolute Gasteiger partial charge is 0.350 e. The average Bonchev–Trinajstić information content (AvgIpc) is 3.01. The van der Waals surface area contributed by atoms with Crippen molar-refractivity contribution < 1.29 is 9.59 Å². The van der Waals surface area contributed by atoms with Crippen molar-refractivity contribution in [2.75, 3.05) is 18.4 Å². The van der Waals surface area contributed by atoms with E-state index in [1.54, 1.807) is 24.3 Å². The molecule has 3 amide bonds. The maximum atomic E-state index is 11.8. The monoisotopic (exact) mass is 340 g/mol. The third-order valence-electron chi connectivity index (χ3n) is 3.25. The summed E-state index contributed by atoms with van der Waals surface area (Å²) in [5.41, 5.74) is 1.45. The Balaban J connectivity index is 1.42. The van der Waals surface area contributed by atoms with Gasteiger partial charge in [0.2, 0.25) is 0 Å². The van der Waals surface area contributed by atoms with Gasteiger partial charge in [0.15, 0.2) is 5.13 Å². The van der Waals surface area contributed by atoms with Crippen LogP contribution in [0.3, 0.4) is 0 Å². The van der Waals surface area contributed by atoms with Crippen molar-refractivity contribution in [1.29, 1.82) is 0 Å². The van der Waals surface area contributed by atoms with Crippen molar-refractivity contribution in [3.63, 3.8) is 0 Å². The molecule has 0 saturated carbocycles. The molecule has 3 rings (SSSR count). The van der Waals surface area contributed by atoms with E-state index in [0.717, 1.165) is 10.2 Å². The van der Waals surface area contributed by atoms with Crippen molar-refractivity contribution in [3.05, 3.63) is 60.2 Å². The summed E-state index contributed by atoms with van der Waals surface area (Å²) in [7, 11) is 0. The molecule has 6 nitrogen and oxygen atoms in total. The predicted octanol–water partition coefficient (Wildman–Crippen LogP) is 2.85. The van der Waals surface area contributed by atoms with Crippen LogP contribution in [0.5, 0.6) is 0 Å². The Morgan fingerprint density at radius 2 is 1.62 bits per heavy atom. The summed E-state index contributed by atoms with van der Waals surface area (Å²) in [5, 5.41) is 8.67. The van der Waals surface area contributed by atoms with Gasteiger partial charge in [-0.05, 0) is 24.3 Å². The Bertz CT molecular complexity index is 815. The van der Waals surface area contributed by atoms with Crippen molar-refractivity contribution in [2.24, 2.45) is 0 Å². The fourth-order valence-corrected chi connectivity index (χ4v) is 2.97. The van der Waals surface area contributed by atoms with E-state index in [1.165, 1.54) is 11.3 Å². The molecule has 0 atom stereocenters. The molecule has 3 aromatic rings. The van der Waals surface area contributed by atoms with Crippen molar-refractivity contribution in [2.45, 2.75) is 0 Å². The maximum Gasteiger partial charge on any atom is 0.321 e. The number of carbonyl (C=O) groups is 2. The number of hydrogen-bond acceptors (Lipinski definition) is 4. The molecule has 1 aromatic heterocycles. The lowest BCUT2D eigenvalue weighted by Gasteiger charge is -2.07. The van der Waals surface area contributed by atoms with Gasteiger partial charge in [-0.1, -0.05) is 41.7 Å². The van der Waals surface area contributed by atoms with Crippen LogP contribution in [0.2, 0.25) is 0 Å². The van der Waals surface area contributed by atoms with E-state index in [1.807, 2.05) is 30.3 Å². The first-order valence-electron chi connectivity index (χ1n) is 7.46. The molecule has 0 radical (unpaired) electrons. The summed E-state index contributed by atoms with van der Waals surface area (Å²) in [4.78, 5) is 28.0. The number of amides is 3. The number of carbonyl (C=O) groups excluding carboxylic acids is 2. The molecule has 0 fully saturated rings. The molecule has 0 aliphatic rings. The van der Waals surface area contributed by atoms with Crippen molar-refractivity contribution >= 4 is 38.6 Å². The molecule has 0 bridgehead atoms. The number of urea groups is 1. The average molecular weight is 340 g/mol. The van der Waals surface area contributed by atoms with Crippen LogP contribution in [0.15, 0.2) is 54.6 Å². The number of nitrogens with one attached hydrogen (secondary N) is 3. The number of aromatic nitrogens is 1. The van der Waals surface area contributed by atoms with Crippen LogP contribution < -0.4 is 16.0 Å². The molecule has 122 valence electrons. The number of hydrogen-bond donors (Lipinski definition) is 3. The van der Waals surface area contributed by atoms with E-state index >= 15 is 0 Å². The molecular formula is C17H16N4O2S. The first-order valence-corrected chi connectivity index (χ1v) is 8.28. The molecule has 0 spiro atoms. The number of anilines is 1. The Morgan fingerprint density at radius 3 is 2.42 bits per heavy atom. The Hall–Kier alpha value is -2.93. The van der Waals surface area contributed by atoms with E-state index in [-0.39, 0.29) is 11.9 Å². The second kappa shape index (κ2) is 7.56. The van der Waals surface area contributed by atoms with Crippen LogP contribution in [0.25, 0.3) is 10.2 Å². The number of rotatable bonds is 5. The summed E-state index contributed by atoms with van der Waals surface area (Å²) < 4.78 is 1.02. The lowest BCUT2D eigenvalue weighted by Crippen LogP contribution is -2.36. The van der Waals surface area contributed by atoms with Gasteiger partial charge in [-0.3, -0.25) is 10.1 Å². The van der Waals surface area contributed by atoms with Crippen LogP contribution in [0.4, 0.5) is 9.93 Å². The smallest absolute Gasteiger partial charge is 0.321 e. The molecule has 0 unspecified atom stereocenters. The number of benzene rings is 2. The van der Waals surface area contributed by atoms with Gasteiger partial charge in [0, 0.05) is 18.7 Å². The number of nitrogens with zero attached hydrogens (tertiary/aromatic N) is 1. The van der Waals surface area contributed by atoms with Crippen LogP contribution in [0.1, 0.15) is 10.4 Å².